The first-order valence-corrected chi connectivity index (χ1v) is 7.62. The number of fused-ring (bicyclic) bond motifs is 3. The zero-order valence-corrected chi connectivity index (χ0v) is 12.4. The SMILES string of the molecule is OC[C@@]12COc3ccccc3[C@@H]1CN(Cc1ncccn1)C2. The van der Waals surface area contributed by atoms with E-state index in [4.69, 9.17) is 4.74 Å². The minimum absolute atomic E-state index is 0.137. The fourth-order valence-corrected chi connectivity index (χ4v) is 3.71. The lowest BCUT2D eigenvalue weighted by Gasteiger charge is -2.38. The van der Waals surface area contributed by atoms with Crippen LogP contribution >= 0.6 is 0 Å². The summed E-state index contributed by atoms with van der Waals surface area (Å²) in [4.78, 5) is 10.9. The van der Waals surface area contributed by atoms with Crippen molar-refractivity contribution >= 4 is 0 Å². The van der Waals surface area contributed by atoms with E-state index in [2.05, 4.69) is 20.9 Å². The van der Waals surface area contributed by atoms with E-state index in [0.29, 0.717) is 19.1 Å². The molecule has 1 N–H and O–H groups in total. The van der Waals surface area contributed by atoms with Gasteiger partial charge in [-0.05, 0) is 17.7 Å². The standard InChI is InChI=1S/C17H19N3O2/c21-11-17-10-20(9-16-18-6-3-7-19-16)8-14(17)13-4-1-2-5-15(13)22-12-17/h1-7,14,21H,8-12H2/t14-,17-/m0/s1. The van der Waals surface area contributed by atoms with Crippen LogP contribution in [0.1, 0.15) is 17.3 Å². The minimum atomic E-state index is -0.219. The molecule has 5 nitrogen and oxygen atoms in total. The zero-order chi connectivity index (χ0) is 15.0. The number of ether oxygens (including phenoxy) is 1. The monoisotopic (exact) mass is 297 g/mol. The van der Waals surface area contributed by atoms with Gasteiger partial charge in [0.05, 0.1) is 19.8 Å². The molecule has 0 saturated carbocycles. The van der Waals surface area contributed by atoms with Crippen LogP contribution in [-0.2, 0) is 6.54 Å². The predicted octanol–water partition coefficient (Wildman–Crippen LogP) is 1.45. The van der Waals surface area contributed by atoms with Crippen LogP contribution in [0.2, 0.25) is 0 Å². The van der Waals surface area contributed by atoms with Crippen LogP contribution in [0, 0.1) is 5.41 Å². The summed E-state index contributed by atoms with van der Waals surface area (Å²) in [6, 6.07) is 9.99. The fraction of sp³-hybridized carbons (Fsp3) is 0.412. The van der Waals surface area contributed by atoms with E-state index in [1.807, 2.05) is 24.3 Å². The summed E-state index contributed by atoms with van der Waals surface area (Å²) >= 11 is 0. The van der Waals surface area contributed by atoms with Crippen LogP contribution in [0.3, 0.4) is 0 Å². The fourth-order valence-electron chi connectivity index (χ4n) is 3.71. The Balaban J connectivity index is 1.62. The van der Waals surface area contributed by atoms with Gasteiger partial charge in [-0.2, -0.15) is 0 Å². The van der Waals surface area contributed by atoms with Gasteiger partial charge >= 0.3 is 0 Å². The zero-order valence-electron chi connectivity index (χ0n) is 12.4. The maximum absolute atomic E-state index is 10.0. The molecule has 0 spiro atoms. The summed E-state index contributed by atoms with van der Waals surface area (Å²) in [7, 11) is 0. The third-order valence-corrected chi connectivity index (χ3v) is 4.83. The first-order chi connectivity index (χ1) is 10.8. The van der Waals surface area contributed by atoms with Crippen LogP contribution in [0.5, 0.6) is 5.75 Å². The largest absolute Gasteiger partial charge is 0.493 e. The molecule has 1 saturated heterocycles. The highest BCUT2D eigenvalue weighted by Gasteiger charge is 2.50. The van der Waals surface area contributed by atoms with E-state index in [0.717, 1.165) is 24.7 Å². The Labute approximate surface area is 129 Å². The average molecular weight is 297 g/mol. The lowest BCUT2D eigenvalue weighted by molar-refractivity contribution is 0.0456. The van der Waals surface area contributed by atoms with Gasteiger partial charge in [-0.25, -0.2) is 9.97 Å². The average Bonchev–Trinajstić information content (AvgIpc) is 2.95. The first-order valence-electron chi connectivity index (χ1n) is 7.62. The molecule has 0 bridgehead atoms. The predicted molar refractivity (Wildman–Crippen MR) is 81.5 cm³/mol. The second-order valence-corrected chi connectivity index (χ2v) is 6.23. The van der Waals surface area contributed by atoms with Crippen molar-refractivity contribution in [3.8, 4) is 5.75 Å². The van der Waals surface area contributed by atoms with Gasteiger partial charge in [0, 0.05) is 36.8 Å². The van der Waals surface area contributed by atoms with Crippen molar-refractivity contribution in [3.63, 3.8) is 0 Å². The van der Waals surface area contributed by atoms with Gasteiger partial charge in [-0.1, -0.05) is 18.2 Å². The van der Waals surface area contributed by atoms with Crippen molar-refractivity contribution in [2.75, 3.05) is 26.3 Å². The molecule has 0 aliphatic carbocycles. The molecule has 1 aromatic carbocycles. The van der Waals surface area contributed by atoms with E-state index in [1.165, 1.54) is 5.56 Å². The van der Waals surface area contributed by atoms with Gasteiger partial charge in [0.1, 0.15) is 11.6 Å². The molecule has 2 aromatic rings. The molecule has 114 valence electrons. The number of hydrogen-bond donors (Lipinski definition) is 1. The van der Waals surface area contributed by atoms with Crippen LogP contribution in [0.25, 0.3) is 0 Å². The van der Waals surface area contributed by atoms with Gasteiger partial charge < -0.3 is 9.84 Å². The van der Waals surface area contributed by atoms with E-state index >= 15 is 0 Å². The topological polar surface area (TPSA) is 58.5 Å². The smallest absolute Gasteiger partial charge is 0.142 e. The van der Waals surface area contributed by atoms with Crippen LogP contribution in [0.15, 0.2) is 42.7 Å². The molecule has 1 aromatic heterocycles. The van der Waals surface area contributed by atoms with Gasteiger partial charge in [0.25, 0.3) is 0 Å². The number of nitrogens with zero attached hydrogens (tertiary/aromatic N) is 3. The van der Waals surface area contributed by atoms with Gasteiger partial charge in [0.15, 0.2) is 0 Å². The van der Waals surface area contributed by atoms with Gasteiger partial charge in [0.2, 0.25) is 0 Å². The molecule has 2 aliphatic rings. The van der Waals surface area contributed by atoms with Crippen LogP contribution < -0.4 is 4.74 Å². The Morgan fingerprint density at radius 1 is 1.23 bits per heavy atom. The Kier molecular flexibility index (Phi) is 3.32. The Hall–Kier alpha value is -1.98. The number of aromatic nitrogens is 2. The number of aliphatic hydroxyl groups excluding tert-OH is 1. The van der Waals surface area contributed by atoms with Gasteiger partial charge in [-0.15, -0.1) is 0 Å². The molecule has 2 atom stereocenters. The van der Waals surface area contributed by atoms with E-state index < -0.39 is 0 Å². The number of likely N-dealkylation sites (tertiary alicyclic amines) is 1. The normalized spacial score (nSPS) is 27.0. The third-order valence-electron chi connectivity index (χ3n) is 4.83. The van der Waals surface area contributed by atoms with Crippen LogP contribution in [-0.4, -0.2) is 46.3 Å². The van der Waals surface area contributed by atoms with Crippen molar-refractivity contribution in [1.82, 2.24) is 14.9 Å². The van der Waals surface area contributed by atoms with E-state index in [9.17, 15) is 5.11 Å². The van der Waals surface area contributed by atoms with E-state index in [1.54, 1.807) is 12.4 Å². The maximum atomic E-state index is 10.0. The molecule has 22 heavy (non-hydrogen) atoms. The molecule has 2 aliphatic heterocycles. The molecule has 1 fully saturated rings. The van der Waals surface area contributed by atoms with Crippen LogP contribution in [0.4, 0.5) is 0 Å². The highest BCUT2D eigenvalue weighted by atomic mass is 16.5. The molecular formula is C17H19N3O2. The van der Waals surface area contributed by atoms with Crippen molar-refractivity contribution in [1.29, 1.82) is 0 Å². The Morgan fingerprint density at radius 3 is 2.86 bits per heavy atom. The lowest BCUT2D eigenvalue weighted by Crippen LogP contribution is -2.42. The highest BCUT2D eigenvalue weighted by Crippen LogP contribution is 2.49. The summed E-state index contributed by atoms with van der Waals surface area (Å²) in [6.45, 7) is 3.12. The number of hydrogen-bond acceptors (Lipinski definition) is 5. The van der Waals surface area contributed by atoms with Crippen molar-refractivity contribution in [3.05, 3.63) is 54.1 Å². The summed E-state index contributed by atoms with van der Waals surface area (Å²) in [5.41, 5.74) is 0.989. The summed E-state index contributed by atoms with van der Waals surface area (Å²) in [6.07, 6.45) is 3.54. The summed E-state index contributed by atoms with van der Waals surface area (Å²) < 4.78 is 5.91. The number of aliphatic hydroxyl groups is 1. The van der Waals surface area contributed by atoms with Crippen molar-refractivity contribution in [2.24, 2.45) is 5.41 Å². The molecular weight excluding hydrogens is 278 g/mol. The minimum Gasteiger partial charge on any atom is -0.493 e. The third kappa shape index (κ3) is 2.17. The summed E-state index contributed by atoms with van der Waals surface area (Å²) in [5, 5.41) is 10.0. The quantitative estimate of drug-likeness (QED) is 0.929. The van der Waals surface area contributed by atoms with Gasteiger partial charge in [-0.3, -0.25) is 4.90 Å². The van der Waals surface area contributed by atoms with E-state index in [-0.39, 0.29) is 12.0 Å². The second-order valence-electron chi connectivity index (χ2n) is 6.23. The second kappa shape index (κ2) is 5.34. The van der Waals surface area contributed by atoms with Crippen molar-refractivity contribution < 1.29 is 9.84 Å². The molecule has 0 amide bonds. The molecule has 3 heterocycles. The first kappa shape index (κ1) is 13.7. The highest BCUT2D eigenvalue weighted by molar-refractivity contribution is 5.41. The van der Waals surface area contributed by atoms with Crippen molar-refractivity contribution in [2.45, 2.75) is 12.5 Å². The Bertz CT molecular complexity index is 664. The molecule has 0 unspecified atom stereocenters. The maximum Gasteiger partial charge on any atom is 0.142 e. The molecule has 5 heteroatoms. The molecule has 4 rings (SSSR count). The molecule has 0 radical (unpaired) electrons. The summed E-state index contributed by atoms with van der Waals surface area (Å²) in [5.74, 6) is 2.07. The Morgan fingerprint density at radius 2 is 2.05 bits per heavy atom. The number of rotatable bonds is 3. The number of benzene rings is 1. The number of para-hydroxylation sites is 1. The lowest BCUT2D eigenvalue weighted by atomic mass is 9.74.